The minimum atomic E-state index is -4.86. The molecule has 9 nitrogen and oxygen atoms in total. The number of para-hydroxylation sites is 1. The van der Waals surface area contributed by atoms with Crippen LogP contribution in [0.1, 0.15) is 38.3 Å². The van der Waals surface area contributed by atoms with E-state index in [4.69, 9.17) is 9.47 Å². The van der Waals surface area contributed by atoms with E-state index in [1.807, 2.05) is 0 Å². The Morgan fingerprint density at radius 1 is 1.11 bits per heavy atom. The Morgan fingerprint density at radius 2 is 1.84 bits per heavy atom. The quantitative estimate of drug-likeness (QED) is 0.119. The SMILES string of the molecule is COc1ccccc1C(=O)COC(=O)c1ccc(N2C(=O)CC(Sc3nc(-c4cccs4)cc(C(F)(F)F)c3C#N)C2=O)cc1. The van der Waals surface area contributed by atoms with Crippen LogP contribution in [-0.4, -0.2) is 47.5 Å². The zero-order valence-electron chi connectivity index (χ0n) is 23.2. The number of amides is 2. The summed E-state index contributed by atoms with van der Waals surface area (Å²) in [7, 11) is 1.41. The summed E-state index contributed by atoms with van der Waals surface area (Å²) in [5.41, 5.74) is -1.53. The number of aromatic nitrogens is 1. The van der Waals surface area contributed by atoms with E-state index < -0.39 is 52.7 Å². The molecule has 45 heavy (non-hydrogen) atoms. The number of anilines is 1. The molecule has 1 saturated heterocycles. The highest BCUT2D eigenvalue weighted by Crippen LogP contribution is 2.41. The largest absolute Gasteiger partial charge is 0.496 e. The maximum atomic E-state index is 13.9. The molecule has 228 valence electrons. The van der Waals surface area contributed by atoms with Gasteiger partial charge in [-0.3, -0.25) is 14.4 Å². The summed E-state index contributed by atoms with van der Waals surface area (Å²) in [6, 6.07) is 17.3. The lowest BCUT2D eigenvalue weighted by atomic mass is 10.1. The number of thiophene rings is 1. The molecule has 5 rings (SSSR count). The lowest BCUT2D eigenvalue weighted by Crippen LogP contribution is -2.31. The van der Waals surface area contributed by atoms with Crippen LogP contribution in [0.5, 0.6) is 5.75 Å². The van der Waals surface area contributed by atoms with Gasteiger partial charge in [0.15, 0.2) is 6.61 Å². The fourth-order valence-electron chi connectivity index (χ4n) is 4.51. The van der Waals surface area contributed by atoms with Gasteiger partial charge in [0, 0.05) is 6.42 Å². The van der Waals surface area contributed by atoms with Crippen LogP contribution in [0.15, 0.2) is 77.1 Å². The Kier molecular flexibility index (Phi) is 9.03. The Balaban J connectivity index is 1.31. The first-order chi connectivity index (χ1) is 21.5. The number of halogens is 3. The standard InChI is InChI=1S/C31H20F3N3O6S2/c1-42-24-6-3-2-5-19(24)23(38)16-43-30(41)17-8-10-18(11-9-17)37-27(39)14-26(29(37)40)45-28-20(15-35)21(31(32,33)34)13-22(36-28)25-7-4-12-44-25/h2-13,26H,14,16H2,1H3. The van der Waals surface area contributed by atoms with E-state index in [1.165, 1.54) is 37.4 Å². The highest BCUT2D eigenvalue weighted by molar-refractivity contribution is 8.00. The maximum absolute atomic E-state index is 13.9. The third kappa shape index (κ3) is 6.59. The number of benzene rings is 2. The number of carbonyl (C=O) groups is 4. The topological polar surface area (TPSA) is 127 Å². The minimum Gasteiger partial charge on any atom is -0.496 e. The molecule has 2 aromatic carbocycles. The number of esters is 1. The second kappa shape index (κ2) is 12.9. The van der Waals surface area contributed by atoms with Crippen LogP contribution in [0.25, 0.3) is 10.6 Å². The Morgan fingerprint density at radius 3 is 2.49 bits per heavy atom. The average Bonchev–Trinajstić information content (AvgIpc) is 3.67. The van der Waals surface area contributed by atoms with Crippen LogP contribution < -0.4 is 9.64 Å². The molecular weight excluding hydrogens is 631 g/mol. The van der Waals surface area contributed by atoms with Crippen molar-refractivity contribution in [3.05, 3.63) is 94.4 Å². The molecule has 0 saturated carbocycles. The van der Waals surface area contributed by atoms with Crippen LogP contribution >= 0.6 is 23.1 Å². The summed E-state index contributed by atoms with van der Waals surface area (Å²) in [6.07, 6.45) is -5.21. The number of imide groups is 1. The first-order valence-electron chi connectivity index (χ1n) is 13.0. The number of ether oxygens (including phenoxy) is 2. The Labute approximate surface area is 262 Å². The first-order valence-corrected chi connectivity index (χ1v) is 14.8. The van der Waals surface area contributed by atoms with Crippen LogP contribution in [0, 0.1) is 11.3 Å². The van der Waals surface area contributed by atoms with Gasteiger partial charge in [-0.25, -0.2) is 14.7 Å². The molecule has 0 spiro atoms. The van der Waals surface area contributed by atoms with Gasteiger partial charge >= 0.3 is 12.1 Å². The van der Waals surface area contributed by atoms with E-state index in [2.05, 4.69) is 4.98 Å². The van der Waals surface area contributed by atoms with Crippen molar-refractivity contribution in [3.8, 4) is 22.4 Å². The predicted molar refractivity (Wildman–Crippen MR) is 158 cm³/mol. The van der Waals surface area contributed by atoms with Crippen LogP contribution in [-0.2, 0) is 20.5 Å². The minimum absolute atomic E-state index is 0.0143. The lowest BCUT2D eigenvalue weighted by molar-refractivity contribution is -0.138. The van der Waals surface area contributed by atoms with Gasteiger partial charge in [0.1, 0.15) is 16.8 Å². The number of carbonyl (C=O) groups excluding carboxylic acids is 4. The van der Waals surface area contributed by atoms with Crippen LogP contribution in [0.2, 0.25) is 0 Å². The number of pyridine rings is 1. The van der Waals surface area contributed by atoms with Gasteiger partial charge in [0.05, 0.1) is 50.9 Å². The van der Waals surface area contributed by atoms with E-state index in [1.54, 1.807) is 41.8 Å². The molecule has 3 heterocycles. The summed E-state index contributed by atoms with van der Waals surface area (Å²) < 4.78 is 51.9. The molecule has 0 aliphatic carbocycles. The van der Waals surface area contributed by atoms with Gasteiger partial charge in [-0.15, -0.1) is 11.3 Å². The van der Waals surface area contributed by atoms with Crippen molar-refractivity contribution in [1.29, 1.82) is 5.26 Å². The van der Waals surface area contributed by atoms with Gasteiger partial charge in [0.25, 0.3) is 0 Å². The molecule has 0 bridgehead atoms. The monoisotopic (exact) mass is 651 g/mol. The zero-order chi connectivity index (χ0) is 32.3. The molecule has 4 aromatic rings. The average molecular weight is 652 g/mol. The van der Waals surface area contributed by atoms with Crippen molar-refractivity contribution < 1.29 is 41.8 Å². The number of Topliss-reactive ketones (excluding diaryl/α,β-unsaturated/α-hetero) is 1. The van der Waals surface area contributed by atoms with E-state index in [0.29, 0.717) is 22.4 Å². The maximum Gasteiger partial charge on any atom is 0.417 e. The number of methoxy groups -OCH3 is 1. The van der Waals surface area contributed by atoms with Crippen molar-refractivity contribution in [3.63, 3.8) is 0 Å². The fourth-order valence-corrected chi connectivity index (χ4v) is 6.32. The number of alkyl halides is 3. The number of ketones is 1. The first kappa shape index (κ1) is 31.4. The lowest BCUT2D eigenvalue weighted by Gasteiger charge is -2.17. The van der Waals surface area contributed by atoms with E-state index >= 15 is 0 Å². The number of nitrogens with zero attached hydrogens (tertiary/aromatic N) is 3. The van der Waals surface area contributed by atoms with Gasteiger partial charge in [-0.05, 0) is 53.9 Å². The highest BCUT2D eigenvalue weighted by atomic mass is 32.2. The second-order valence-electron chi connectivity index (χ2n) is 9.45. The normalized spacial score (nSPS) is 14.7. The number of rotatable bonds is 9. The summed E-state index contributed by atoms with van der Waals surface area (Å²) in [6.45, 7) is -0.550. The molecule has 0 radical (unpaired) electrons. The van der Waals surface area contributed by atoms with Gasteiger partial charge < -0.3 is 9.47 Å². The Hall–Kier alpha value is -5.00. The van der Waals surface area contributed by atoms with Crippen molar-refractivity contribution >= 4 is 52.4 Å². The smallest absolute Gasteiger partial charge is 0.417 e. The molecule has 2 amide bonds. The molecule has 14 heteroatoms. The van der Waals surface area contributed by atoms with Crippen LogP contribution in [0.4, 0.5) is 18.9 Å². The van der Waals surface area contributed by atoms with E-state index in [-0.39, 0.29) is 34.0 Å². The highest BCUT2D eigenvalue weighted by Gasteiger charge is 2.42. The van der Waals surface area contributed by atoms with E-state index in [9.17, 15) is 37.6 Å². The molecule has 1 aliphatic heterocycles. The number of nitriles is 1. The van der Waals surface area contributed by atoms with Gasteiger partial charge in [-0.2, -0.15) is 18.4 Å². The van der Waals surface area contributed by atoms with Crippen LogP contribution in [0.3, 0.4) is 0 Å². The molecule has 1 unspecified atom stereocenters. The molecule has 1 atom stereocenters. The molecule has 0 N–H and O–H groups in total. The van der Waals surface area contributed by atoms with Crippen molar-refractivity contribution in [2.24, 2.45) is 0 Å². The third-order valence-corrected chi connectivity index (χ3v) is 8.70. The number of hydrogen-bond donors (Lipinski definition) is 0. The molecular formula is C31H20F3N3O6S2. The van der Waals surface area contributed by atoms with Crippen molar-refractivity contribution in [2.45, 2.75) is 22.9 Å². The number of hydrogen-bond acceptors (Lipinski definition) is 10. The van der Waals surface area contributed by atoms with Crippen molar-refractivity contribution in [1.82, 2.24) is 4.98 Å². The van der Waals surface area contributed by atoms with Gasteiger partial charge in [-0.1, -0.05) is 30.0 Å². The summed E-state index contributed by atoms with van der Waals surface area (Å²) in [5, 5.41) is 9.80. The number of thioether (sulfide) groups is 1. The van der Waals surface area contributed by atoms with Gasteiger partial charge in [0.2, 0.25) is 17.6 Å². The predicted octanol–water partition coefficient (Wildman–Crippen LogP) is 6.17. The summed E-state index contributed by atoms with van der Waals surface area (Å²) in [4.78, 5) is 56.8. The fraction of sp³-hybridized carbons (Fsp3) is 0.161. The molecule has 1 fully saturated rings. The third-order valence-electron chi connectivity index (χ3n) is 6.64. The molecule has 1 aliphatic rings. The van der Waals surface area contributed by atoms with E-state index in [0.717, 1.165) is 22.3 Å². The summed E-state index contributed by atoms with van der Waals surface area (Å²) >= 11 is 1.78. The summed E-state index contributed by atoms with van der Waals surface area (Å²) in [5.74, 6) is -2.32. The van der Waals surface area contributed by atoms with Crippen molar-refractivity contribution in [2.75, 3.05) is 18.6 Å². The Bertz CT molecular complexity index is 1840. The zero-order valence-corrected chi connectivity index (χ0v) is 24.8. The molecule has 2 aromatic heterocycles. The second-order valence-corrected chi connectivity index (χ2v) is 11.6.